The molecule has 1 aliphatic heterocycles. The minimum Gasteiger partial charge on any atom is -0.437 e. The van der Waals surface area contributed by atoms with E-state index in [1.165, 1.54) is 12.7 Å². The first-order chi connectivity index (χ1) is 17.5. The molecule has 1 aliphatic rings. The van der Waals surface area contributed by atoms with E-state index in [4.69, 9.17) is 20.8 Å². The molecule has 8 nitrogen and oxygen atoms in total. The van der Waals surface area contributed by atoms with E-state index in [-0.39, 0.29) is 5.63 Å². The van der Waals surface area contributed by atoms with Gasteiger partial charge in [-0.25, -0.2) is 9.59 Å². The highest BCUT2D eigenvalue weighted by molar-refractivity contribution is 6.31. The lowest BCUT2D eigenvalue weighted by molar-refractivity contribution is 0.121. The fourth-order valence-electron chi connectivity index (χ4n) is 4.82. The molecule has 1 N–H and O–H groups in total. The second kappa shape index (κ2) is 10.6. The van der Waals surface area contributed by atoms with Crippen LogP contribution in [0.25, 0.3) is 21.9 Å². The normalized spacial score (nSPS) is 14.4. The van der Waals surface area contributed by atoms with Gasteiger partial charge < -0.3 is 23.8 Å². The molecule has 2 aromatic carbocycles. The summed E-state index contributed by atoms with van der Waals surface area (Å²) in [5.74, 6) is 0.454. The second-order valence-corrected chi connectivity index (χ2v) is 9.39. The quantitative estimate of drug-likeness (QED) is 0.158. The van der Waals surface area contributed by atoms with Gasteiger partial charge in [-0.05, 0) is 55.6 Å². The summed E-state index contributed by atoms with van der Waals surface area (Å²) in [6, 6.07) is 12.6. The van der Waals surface area contributed by atoms with E-state index >= 15 is 0 Å². The Bertz CT molecular complexity index is 1440. The van der Waals surface area contributed by atoms with E-state index in [9.17, 15) is 9.59 Å². The van der Waals surface area contributed by atoms with Crippen LogP contribution in [0.5, 0.6) is 5.75 Å². The van der Waals surface area contributed by atoms with Crippen molar-refractivity contribution in [2.45, 2.75) is 19.3 Å². The number of hydrogen-bond donors (Lipinski definition) is 1. The Morgan fingerprint density at radius 1 is 1.06 bits per heavy atom. The fourth-order valence-corrected chi connectivity index (χ4v) is 4.98. The summed E-state index contributed by atoms with van der Waals surface area (Å²) in [4.78, 5) is 31.4. The van der Waals surface area contributed by atoms with Crippen molar-refractivity contribution in [1.82, 2.24) is 9.88 Å². The van der Waals surface area contributed by atoms with Crippen molar-refractivity contribution in [3.8, 4) is 5.75 Å². The van der Waals surface area contributed by atoms with E-state index in [1.54, 1.807) is 18.2 Å². The van der Waals surface area contributed by atoms with Crippen LogP contribution in [0.2, 0.25) is 5.02 Å². The van der Waals surface area contributed by atoms with E-state index in [0.717, 1.165) is 74.0 Å². The van der Waals surface area contributed by atoms with Crippen LogP contribution in [0.4, 0.5) is 10.5 Å². The molecule has 2 aromatic heterocycles. The topological polar surface area (TPSA) is 88.0 Å². The lowest BCUT2D eigenvalue weighted by atomic mass is 10.1. The van der Waals surface area contributed by atoms with Crippen molar-refractivity contribution in [3.05, 3.63) is 69.7 Å². The molecular weight excluding hydrogens is 482 g/mol. The monoisotopic (exact) mass is 509 g/mol. The number of methoxy groups -OCH3 is 1. The summed E-state index contributed by atoms with van der Waals surface area (Å²) in [5, 5.41) is 2.61. The highest BCUT2D eigenvalue weighted by Gasteiger charge is 2.20. The van der Waals surface area contributed by atoms with Crippen LogP contribution in [0.15, 0.2) is 57.9 Å². The number of carbonyl (C=O) groups excluding carboxylic acids is 1. The number of nitrogens with one attached hydrogen (secondary N) is 1. The maximum absolute atomic E-state index is 12.1. The molecule has 0 atom stereocenters. The molecule has 5 rings (SSSR count). The lowest BCUT2D eigenvalue weighted by Crippen LogP contribution is -2.46. The van der Waals surface area contributed by atoms with Crippen molar-refractivity contribution in [2.75, 3.05) is 44.7 Å². The van der Waals surface area contributed by atoms with Crippen LogP contribution in [0.1, 0.15) is 18.4 Å². The first kappa shape index (κ1) is 24.2. The largest absolute Gasteiger partial charge is 0.513 e. The Kier molecular flexibility index (Phi) is 7.16. The van der Waals surface area contributed by atoms with Crippen molar-refractivity contribution < 1.29 is 18.7 Å². The van der Waals surface area contributed by atoms with Crippen LogP contribution in [0.3, 0.4) is 0 Å². The SMILES string of the molecule is COC(=O)Oc1ccc2c(CCCCN3CCN(c4cc(=O)oc5cc(Cl)ccc45)CC3)c[nH]c2c1. The van der Waals surface area contributed by atoms with E-state index in [1.807, 2.05) is 30.5 Å². The summed E-state index contributed by atoms with van der Waals surface area (Å²) in [7, 11) is 1.29. The smallest absolute Gasteiger partial charge is 0.437 e. The van der Waals surface area contributed by atoms with Crippen LogP contribution in [0, 0.1) is 0 Å². The minimum atomic E-state index is -0.727. The van der Waals surface area contributed by atoms with Gasteiger partial charge in [0.25, 0.3) is 0 Å². The zero-order valence-electron chi connectivity index (χ0n) is 20.1. The number of H-pyrrole nitrogens is 1. The first-order valence-corrected chi connectivity index (χ1v) is 12.4. The van der Waals surface area contributed by atoms with Crippen molar-refractivity contribution in [1.29, 1.82) is 0 Å². The van der Waals surface area contributed by atoms with Crippen LogP contribution in [-0.2, 0) is 11.2 Å². The van der Waals surface area contributed by atoms with Gasteiger partial charge in [-0.15, -0.1) is 0 Å². The predicted octanol–water partition coefficient (Wildman–Crippen LogP) is 5.22. The van der Waals surface area contributed by atoms with Gasteiger partial charge in [0.2, 0.25) is 0 Å². The van der Waals surface area contributed by atoms with E-state index < -0.39 is 6.16 Å². The lowest BCUT2D eigenvalue weighted by Gasteiger charge is -2.36. The Balaban J connectivity index is 1.12. The van der Waals surface area contributed by atoms with Crippen molar-refractivity contribution in [2.24, 2.45) is 0 Å². The number of carbonyl (C=O) groups is 1. The number of aryl methyl sites for hydroxylation is 1. The molecule has 4 aromatic rings. The number of fused-ring (bicyclic) bond motifs is 2. The second-order valence-electron chi connectivity index (χ2n) is 8.95. The van der Waals surface area contributed by atoms with Gasteiger partial charge in [0.1, 0.15) is 11.3 Å². The number of nitrogens with zero attached hydrogens (tertiary/aromatic N) is 2. The van der Waals surface area contributed by atoms with Gasteiger partial charge in [-0.2, -0.15) is 0 Å². The number of aromatic nitrogens is 1. The first-order valence-electron chi connectivity index (χ1n) is 12.1. The minimum absolute atomic E-state index is 0.355. The molecule has 36 heavy (non-hydrogen) atoms. The molecule has 0 saturated carbocycles. The number of aromatic amines is 1. The molecule has 0 bridgehead atoms. The Hall–Kier alpha value is -3.49. The molecule has 0 aliphatic carbocycles. The standard InChI is InChI=1S/C27H28ClN3O5/c1-34-27(33)35-20-6-8-21-18(17-29-23(21)15-20)4-2-3-9-30-10-12-31(13-11-30)24-16-26(32)36-25-14-19(28)5-7-22(24)25/h5-8,14-17,29H,2-4,9-13H2,1H3. The number of anilines is 1. The molecule has 9 heteroatoms. The summed E-state index contributed by atoms with van der Waals surface area (Å²) >= 11 is 6.07. The zero-order chi connectivity index (χ0) is 25.1. The summed E-state index contributed by atoms with van der Waals surface area (Å²) in [6.45, 7) is 4.66. The Labute approximate surface area is 213 Å². The number of benzene rings is 2. The molecule has 1 saturated heterocycles. The van der Waals surface area contributed by atoms with Gasteiger partial charge >= 0.3 is 11.8 Å². The molecule has 0 spiro atoms. The third kappa shape index (κ3) is 5.34. The Morgan fingerprint density at radius 2 is 1.86 bits per heavy atom. The molecule has 0 unspecified atom stereocenters. The van der Waals surface area contributed by atoms with Crippen LogP contribution < -0.4 is 15.3 Å². The molecule has 3 heterocycles. The maximum Gasteiger partial charge on any atom is 0.513 e. The summed E-state index contributed by atoms with van der Waals surface area (Å²) in [5.41, 5.74) is 3.28. The number of ether oxygens (including phenoxy) is 2. The van der Waals surface area contributed by atoms with Gasteiger partial charge in [-0.3, -0.25) is 4.90 Å². The third-order valence-electron chi connectivity index (χ3n) is 6.67. The summed E-state index contributed by atoms with van der Waals surface area (Å²) < 4.78 is 15.0. The number of hydrogen-bond acceptors (Lipinski definition) is 7. The zero-order valence-corrected chi connectivity index (χ0v) is 20.8. The van der Waals surface area contributed by atoms with Gasteiger partial charge in [0.15, 0.2) is 0 Å². The predicted molar refractivity (Wildman–Crippen MR) is 140 cm³/mol. The fraction of sp³-hybridized carbons (Fsp3) is 0.333. The van der Waals surface area contributed by atoms with Gasteiger partial charge in [0, 0.05) is 71.9 Å². The molecule has 1 fully saturated rings. The molecule has 0 amide bonds. The van der Waals surface area contributed by atoms with Crippen LogP contribution >= 0.6 is 11.6 Å². The highest BCUT2D eigenvalue weighted by atomic mass is 35.5. The van der Waals surface area contributed by atoms with Crippen molar-refractivity contribution in [3.63, 3.8) is 0 Å². The Morgan fingerprint density at radius 3 is 2.67 bits per heavy atom. The van der Waals surface area contributed by atoms with E-state index in [0.29, 0.717) is 16.4 Å². The molecule has 0 radical (unpaired) electrons. The van der Waals surface area contributed by atoms with Crippen molar-refractivity contribution >= 4 is 45.3 Å². The number of piperazine rings is 1. The van der Waals surface area contributed by atoms with Crippen LogP contribution in [-0.4, -0.2) is 55.9 Å². The number of halogens is 1. The average Bonchev–Trinajstić information content (AvgIpc) is 3.28. The average molecular weight is 510 g/mol. The van der Waals surface area contributed by atoms with Gasteiger partial charge in [0.05, 0.1) is 12.8 Å². The molecule has 188 valence electrons. The van der Waals surface area contributed by atoms with Gasteiger partial charge in [-0.1, -0.05) is 11.6 Å². The summed E-state index contributed by atoms with van der Waals surface area (Å²) in [6.07, 6.45) is 4.46. The number of rotatable bonds is 7. The highest BCUT2D eigenvalue weighted by Crippen LogP contribution is 2.28. The number of unbranched alkanes of at least 4 members (excludes halogenated alkanes) is 1. The maximum atomic E-state index is 12.1. The molecular formula is C27H28ClN3O5. The van der Waals surface area contributed by atoms with E-state index in [2.05, 4.69) is 19.5 Å². The third-order valence-corrected chi connectivity index (χ3v) is 6.91.